The number of carbonyl (C=O) groups excluding carboxylic acids is 2. The molecular formula is C17H14ClNO3. The molecule has 1 aliphatic heterocycles. The Morgan fingerprint density at radius 2 is 1.77 bits per heavy atom. The number of ether oxygens (including phenoxy) is 1. The van der Waals surface area contributed by atoms with Crippen molar-refractivity contribution >= 4 is 23.5 Å². The van der Waals surface area contributed by atoms with Crippen LogP contribution in [0.15, 0.2) is 54.6 Å². The summed E-state index contributed by atoms with van der Waals surface area (Å²) in [6, 6.07) is 15.3. The third kappa shape index (κ3) is 3.12. The van der Waals surface area contributed by atoms with Crippen molar-refractivity contribution < 1.29 is 14.3 Å². The number of amides is 1. The van der Waals surface area contributed by atoms with E-state index < -0.39 is 12.0 Å². The van der Waals surface area contributed by atoms with Crippen LogP contribution in [0.5, 0.6) is 0 Å². The summed E-state index contributed by atoms with van der Waals surface area (Å²) in [7, 11) is 0. The summed E-state index contributed by atoms with van der Waals surface area (Å²) in [5.41, 5.74) is 1.39. The Bertz CT molecular complexity index is 685. The Morgan fingerprint density at radius 1 is 1.09 bits per heavy atom. The highest BCUT2D eigenvalue weighted by molar-refractivity contribution is 6.30. The van der Waals surface area contributed by atoms with Gasteiger partial charge in [0.15, 0.2) is 0 Å². The maximum absolute atomic E-state index is 12.1. The van der Waals surface area contributed by atoms with Crippen molar-refractivity contribution in [3.05, 3.63) is 70.7 Å². The van der Waals surface area contributed by atoms with Crippen LogP contribution in [0.25, 0.3) is 0 Å². The van der Waals surface area contributed by atoms with E-state index >= 15 is 0 Å². The van der Waals surface area contributed by atoms with E-state index in [9.17, 15) is 9.59 Å². The molecule has 22 heavy (non-hydrogen) atoms. The summed E-state index contributed by atoms with van der Waals surface area (Å²) >= 11 is 5.85. The molecule has 1 saturated heterocycles. The molecule has 0 radical (unpaired) electrons. The van der Waals surface area contributed by atoms with Crippen LogP contribution in [0.4, 0.5) is 0 Å². The summed E-state index contributed by atoms with van der Waals surface area (Å²) < 4.78 is 5.34. The van der Waals surface area contributed by atoms with E-state index in [-0.39, 0.29) is 12.0 Å². The van der Waals surface area contributed by atoms with Gasteiger partial charge in [-0.05, 0) is 29.8 Å². The molecule has 0 aromatic heterocycles. The molecule has 4 nitrogen and oxygen atoms in total. The van der Waals surface area contributed by atoms with E-state index in [1.807, 2.05) is 18.2 Å². The van der Waals surface area contributed by atoms with Gasteiger partial charge in [0.2, 0.25) is 0 Å². The molecule has 1 N–H and O–H groups in total. The van der Waals surface area contributed by atoms with Crippen LogP contribution in [-0.2, 0) is 9.53 Å². The van der Waals surface area contributed by atoms with E-state index in [4.69, 9.17) is 16.3 Å². The highest BCUT2D eigenvalue weighted by Gasteiger charge is 2.36. The van der Waals surface area contributed by atoms with Gasteiger partial charge in [-0.3, -0.25) is 4.79 Å². The Labute approximate surface area is 133 Å². The fourth-order valence-corrected chi connectivity index (χ4v) is 2.54. The summed E-state index contributed by atoms with van der Waals surface area (Å²) in [5, 5.41) is 3.34. The molecule has 0 spiro atoms. The highest BCUT2D eigenvalue weighted by atomic mass is 35.5. The van der Waals surface area contributed by atoms with Crippen LogP contribution in [0.2, 0.25) is 5.02 Å². The van der Waals surface area contributed by atoms with Gasteiger partial charge in [-0.15, -0.1) is 0 Å². The first-order valence-corrected chi connectivity index (χ1v) is 7.33. The molecule has 1 heterocycles. The number of esters is 1. The van der Waals surface area contributed by atoms with Gasteiger partial charge < -0.3 is 10.1 Å². The van der Waals surface area contributed by atoms with Crippen molar-refractivity contribution in [1.29, 1.82) is 0 Å². The second kappa shape index (κ2) is 6.20. The van der Waals surface area contributed by atoms with E-state index in [0.717, 1.165) is 5.56 Å². The van der Waals surface area contributed by atoms with Crippen LogP contribution in [0, 0.1) is 0 Å². The van der Waals surface area contributed by atoms with Crippen molar-refractivity contribution in [2.75, 3.05) is 0 Å². The number of cyclic esters (lactones) is 1. The average molecular weight is 316 g/mol. The van der Waals surface area contributed by atoms with Gasteiger partial charge in [0, 0.05) is 17.0 Å². The van der Waals surface area contributed by atoms with Crippen LogP contribution in [0.3, 0.4) is 0 Å². The van der Waals surface area contributed by atoms with Gasteiger partial charge in [0.05, 0.1) is 0 Å². The number of hydrogen-bond donors (Lipinski definition) is 1. The van der Waals surface area contributed by atoms with E-state index in [1.54, 1.807) is 36.4 Å². The lowest BCUT2D eigenvalue weighted by molar-refractivity contribution is -0.143. The van der Waals surface area contributed by atoms with Gasteiger partial charge >= 0.3 is 5.97 Å². The zero-order chi connectivity index (χ0) is 15.5. The molecule has 0 unspecified atom stereocenters. The smallest absolute Gasteiger partial charge is 0.329 e. The molecule has 0 saturated carbocycles. The SMILES string of the molecule is O=C(N[C@@H]1C[C@H](c2ccc(Cl)cc2)OC1=O)c1ccccc1. The third-order valence-corrected chi connectivity index (χ3v) is 3.83. The zero-order valence-corrected chi connectivity index (χ0v) is 12.4. The Hall–Kier alpha value is -2.33. The number of carbonyl (C=O) groups is 2. The lowest BCUT2D eigenvalue weighted by atomic mass is 10.0. The molecule has 1 amide bonds. The maximum Gasteiger partial charge on any atom is 0.329 e. The third-order valence-electron chi connectivity index (χ3n) is 3.58. The minimum atomic E-state index is -0.631. The molecule has 2 aromatic rings. The van der Waals surface area contributed by atoms with Crippen molar-refractivity contribution in [3.8, 4) is 0 Å². The van der Waals surface area contributed by atoms with Crippen molar-refractivity contribution in [2.24, 2.45) is 0 Å². The second-order valence-corrected chi connectivity index (χ2v) is 5.54. The fraction of sp³-hybridized carbons (Fsp3) is 0.176. The molecule has 3 rings (SSSR count). The average Bonchev–Trinajstić information content (AvgIpc) is 2.90. The second-order valence-electron chi connectivity index (χ2n) is 5.10. The summed E-state index contributed by atoms with van der Waals surface area (Å²) in [5.74, 6) is -0.691. The van der Waals surface area contributed by atoms with Crippen LogP contribution >= 0.6 is 11.6 Å². The minimum absolute atomic E-state index is 0.278. The molecule has 0 aliphatic carbocycles. The number of benzene rings is 2. The Kier molecular flexibility index (Phi) is 4.11. The van der Waals surface area contributed by atoms with Crippen LogP contribution < -0.4 is 5.32 Å². The fourth-order valence-electron chi connectivity index (χ4n) is 2.41. The van der Waals surface area contributed by atoms with Crippen molar-refractivity contribution in [1.82, 2.24) is 5.32 Å². The quantitative estimate of drug-likeness (QED) is 0.885. The Balaban J connectivity index is 1.67. The van der Waals surface area contributed by atoms with Crippen LogP contribution in [0.1, 0.15) is 28.4 Å². The van der Waals surface area contributed by atoms with Gasteiger partial charge in [-0.1, -0.05) is 41.9 Å². The van der Waals surface area contributed by atoms with E-state index in [0.29, 0.717) is 17.0 Å². The normalized spacial score (nSPS) is 20.5. The molecule has 112 valence electrons. The summed E-state index contributed by atoms with van der Waals surface area (Å²) in [6.07, 6.45) is 0.0600. The molecular weight excluding hydrogens is 302 g/mol. The van der Waals surface area contributed by atoms with Crippen molar-refractivity contribution in [2.45, 2.75) is 18.6 Å². The summed E-state index contributed by atoms with van der Waals surface area (Å²) in [6.45, 7) is 0. The molecule has 5 heteroatoms. The molecule has 1 aliphatic rings. The number of rotatable bonds is 3. The first kappa shape index (κ1) is 14.6. The molecule has 2 aromatic carbocycles. The van der Waals surface area contributed by atoms with E-state index in [1.165, 1.54) is 0 Å². The molecule has 2 atom stereocenters. The molecule has 0 bridgehead atoms. The number of hydrogen-bond acceptors (Lipinski definition) is 3. The predicted octanol–water partition coefficient (Wildman–Crippen LogP) is 3.13. The lowest BCUT2D eigenvalue weighted by Crippen LogP contribution is -2.37. The van der Waals surface area contributed by atoms with Gasteiger partial charge in [0.25, 0.3) is 5.91 Å². The van der Waals surface area contributed by atoms with Crippen LogP contribution in [-0.4, -0.2) is 17.9 Å². The first-order valence-electron chi connectivity index (χ1n) is 6.95. The topological polar surface area (TPSA) is 55.4 Å². The largest absolute Gasteiger partial charge is 0.456 e. The minimum Gasteiger partial charge on any atom is -0.456 e. The number of nitrogens with one attached hydrogen (secondary N) is 1. The summed E-state index contributed by atoms with van der Waals surface area (Å²) in [4.78, 5) is 24.0. The predicted molar refractivity (Wildman–Crippen MR) is 82.6 cm³/mol. The first-order chi connectivity index (χ1) is 10.6. The van der Waals surface area contributed by atoms with Crippen molar-refractivity contribution in [3.63, 3.8) is 0 Å². The number of halogens is 1. The van der Waals surface area contributed by atoms with Gasteiger partial charge in [0.1, 0.15) is 12.1 Å². The zero-order valence-electron chi connectivity index (χ0n) is 11.7. The monoisotopic (exact) mass is 315 g/mol. The molecule has 1 fully saturated rings. The van der Waals surface area contributed by atoms with E-state index in [2.05, 4.69) is 5.32 Å². The standard InChI is InChI=1S/C17H14ClNO3/c18-13-8-6-11(7-9-13)15-10-14(17(21)22-15)19-16(20)12-4-2-1-3-5-12/h1-9,14-15H,10H2,(H,19,20)/t14-,15-/m1/s1. The highest BCUT2D eigenvalue weighted by Crippen LogP contribution is 2.30. The van der Waals surface area contributed by atoms with Gasteiger partial charge in [-0.25, -0.2) is 4.79 Å². The maximum atomic E-state index is 12.1. The lowest BCUT2D eigenvalue weighted by Gasteiger charge is -2.09. The van der Waals surface area contributed by atoms with Gasteiger partial charge in [-0.2, -0.15) is 0 Å². The Morgan fingerprint density at radius 3 is 2.45 bits per heavy atom.